The van der Waals surface area contributed by atoms with Gasteiger partial charge in [-0.2, -0.15) is 5.10 Å². The number of aryl methyl sites for hydroxylation is 1. The lowest BCUT2D eigenvalue weighted by Crippen LogP contribution is -2.33. The fourth-order valence-electron chi connectivity index (χ4n) is 3.87. The highest BCUT2D eigenvalue weighted by atomic mass is 32.2. The number of thioether (sulfide) groups is 1. The Kier molecular flexibility index (Phi) is 5.09. The maximum Gasteiger partial charge on any atom is 0.289 e. The van der Waals surface area contributed by atoms with E-state index in [2.05, 4.69) is 15.4 Å². The summed E-state index contributed by atoms with van der Waals surface area (Å²) < 4.78 is 39.3. The Hall–Kier alpha value is -2.46. The lowest BCUT2D eigenvalue weighted by molar-refractivity contribution is 0.265. The van der Waals surface area contributed by atoms with E-state index in [0.717, 1.165) is 28.7 Å². The van der Waals surface area contributed by atoms with Gasteiger partial charge in [0.1, 0.15) is 11.7 Å². The average Bonchev–Trinajstić information content (AvgIpc) is 3.24. The highest BCUT2D eigenvalue weighted by Gasteiger charge is 2.41. The number of amides is 1. The molecule has 0 bridgehead atoms. The lowest BCUT2D eigenvalue weighted by atomic mass is 10.0. The standard InChI is InChI=1S/C20H21FN4O3S2/c1-12-16(13(2)25(24-12)20(3)7-8-30(27,28)11-20)10-17-18(23-19(26)29-17)22-15-6-4-5-14(21)9-15/h4-6,9-10H,7-8,11H2,1-3H3,(H,22,23,26)/b17-10-/t20-/m1/s1. The molecule has 158 valence electrons. The molecule has 2 aliphatic heterocycles. The maximum atomic E-state index is 13.5. The summed E-state index contributed by atoms with van der Waals surface area (Å²) >= 11 is 1.00. The molecule has 2 aromatic rings. The molecule has 30 heavy (non-hydrogen) atoms. The molecule has 2 aliphatic rings. The van der Waals surface area contributed by atoms with E-state index in [-0.39, 0.29) is 16.7 Å². The molecule has 7 nitrogen and oxygen atoms in total. The predicted octanol–water partition coefficient (Wildman–Crippen LogP) is 3.70. The highest BCUT2D eigenvalue weighted by Crippen LogP contribution is 2.35. The van der Waals surface area contributed by atoms with Gasteiger partial charge in [0.05, 0.1) is 33.3 Å². The number of nitrogens with zero attached hydrogens (tertiary/aromatic N) is 3. The first-order valence-electron chi connectivity index (χ1n) is 9.39. The molecular weight excluding hydrogens is 427 g/mol. The molecule has 3 heterocycles. The summed E-state index contributed by atoms with van der Waals surface area (Å²) in [5, 5.41) is 7.03. The minimum Gasteiger partial charge on any atom is -0.300 e. The third kappa shape index (κ3) is 3.93. The predicted molar refractivity (Wildman–Crippen MR) is 116 cm³/mol. The topological polar surface area (TPSA) is 93.4 Å². The number of carbonyl (C=O) groups is 1. The monoisotopic (exact) mass is 448 g/mol. The third-order valence-electron chi connectivity index (χ3n) is 5.32. The Labute approximate surface area is 178 Å². The van der Waals surface area contributed by atoms with E-state index < -0.39 is 21.2 Å². The van der Waals surface area contributed by atoms with E-state index in [1.165, 1.54) is 12.1 Å². The van der Waals surface area contributed by atoms with Crippen LogP contribution in [0.5, 0.6) is 0 Å². The number of aromatic nitrogens is 2. The molecule has 1 aromatic heterocycles. The van der Waals surface area contributed by atoms with E-state index in [1.807, 2.05) is 26.8 Å². The van der Waals surface area contributed by atoms with E-state index >= 15 is 0 Å². The van der Waals surface area contributed by atoms with Crippen molar-refractivity contribution in [2.75, 3.05) is 11.5 Å². The molecule has 0 radical (unpaired) electrons. The van der Waals surface area contributed by atoms with Crippen LogP contribution in [0, 0.1) is 19.7 Å². The van der Waals surface area contributed by atoms with Crippen LogP contribution < -0.4 is 5.32 Å². The second-order valence-electron chi connectivity index (χ2n) is 7.80. The van der Waals surface area contributed by atoms with Gasteiger partial charge in [-0.05, 0) is 63.2 Å². The van der Waals surface area contributed by atoms with Gasteiger partial charge in [0.2, 0.25) is 0 Å². The first-order chi connectivity index (χ1) is 14.1. The number of sulfone groups is 1. The Morgan fingerprint density at radius 2 is 2.13 bits per heavy atom. The number of hydrogen-bond donors (Lipinski definition) is 1. The van der Waals surface area contributed by atoms with Crippen LogP contribution in [0.2, 0.25) is 0 Å². The largest absolute Gasteiger partial charge is 0.300 e. The Morgan fingerprint density at radius 1 is 1.37 bits per heavy atom. The second-order valence-corrected chi connectivity index (χ2v) is 11.0. The van der Waals surface area contributed by atoms with Gasteiger partial charge in [0.25, 0.3) is 5.24 Å². The SMILES string of the molecule is Cc1nn([C@]2(C)CCS(=O)(=O)C2)c(C)c1/C=C1\SC(=O)NC1=Nc1cccc(F)c1. The van der Waals surface area contributed by atoms with Crippen molar-refractivity contribution in [3.8, 4) is 0 Å². The van der Waals surface area contributed by atoms with Crippen LogP contribution in [0.1, 0.15) is 30.3 Å². The smallest absolute Gasteiger partial charge is 0.289 e. The number of amidine groups is 1. The molecule has 1 atom stereocenters. The normalized spacial score (nSPS) is 25.9. The molecule has 0 saturated carbocycles. The van der Waals surface area contributed by atoms with Crippen LogP contribution in [0.3, 0.4) is 0 Å². The van der Waals surface area contributed by atoms with E-state index in [9.17, 15) is 17.6 Å². The summed E-state index contributed by atoms with van der Waals surface area (Å²) in [4.78, 5) is 17.0. The van der Waals surface area contributed by atoms with Crippen LogP contribution in [-0.2, 0) is 15.4 Å². The average molecular weight is 449 g/mol. The van der Waals surface area contributed by atoms with Crippen molar-refractivity contribution in [3.05, 3.63) is 51.9 Å². The molecule has 10 heteroatoms. The van der Waals surface area contributed by atoms with Crippen LogP contribution in [-0.4, -0.2) is 40.8 Å². The zero-order valence-electron chi connectivity index (χ0n) is 16.8. The van der Waals surface area contributed by atoms with Crippen molar-refractivity contribution in [2.24, 2.45) is 4.99 Å². The first kappa shape index (κ1) is 20.8. The van der Waals surface area contributed by atoms with Crippen LogP contribution in [0.15, 0.2) is 34.2 Å². The van der Waals surface area contributed by atoms with Crippen LogP contribution in [0.4, 0.5) is 14.9 Å². The van der Waals surface area contributed by atoms with Gasteiger partial charge in [-0.1, -0.05) is 6.07 Å². The van der Waals surface area contributed by atoms with Crippen molar-refractivity contribution < 1.29 is 17.6 Å². The van der Waals surface area contributed by atoms with Crippen LogP contribution in [0.25, 0.3) is 6.08 Å². The Bertz CT molecular complexity index is 1220. The van der Waals surface area contributed by atoms with Gasteiger partial charge in [0.15, 0.2) is 9.84 Å². The quantitative estimate of drug-likeness (QED) is 0.773. The minimum atomic E-state index is -3.08. The summed E-state index contributed by atoms with van der Waals surface area (Å²) in [5.41, 5.74) is 2.16. The third-order valence-corrected chi connectivity index (χ3v) is 8.03. The molecule has 0 aliphatic carbocycles. The molecule has 2 saturated heterocycles. The zero-order valence-corrected chi connectivity index (χ0v) is 18.4. The molecule has 2 fully saturated rings. The number of hydrogen-bond acceptors (Lipinski definition) is 6. The summed E-state index contributed by atoms with van der Waals surface area (Å²) in [7, 11) is -3.08. The summed E-state index contributed by atoms with van der Waals surface area (Å²) in [5.74, 6) is 0.139. The van der Waals surface area contributed by atoms with Crippen molar-refractivity contribution in [1.82, 2.24) is 15.1 Å². The number of aliphatic imine (C=N–C) groups is 1. The van der Waals surface area contributed by atoms with Gasteiger partial charge < -0.3 is 5.32 Å². The van der Waals surface area contributed by atoms with Gasteiger partial charge >= 0.3 is 0 Å². The van der Waals surface area contributed by atoms with Gasteiger partial charge in [-0.25, -0.2) is 17.8 Å². The van der Waals surface area contributed by atoms with Crippen molar-refractivity contribution in [2.45, 2.75) is 32.7 Å². The lowest BCUT2D eigenvalue weighted by Gasteiger charge is -2.24. The zero-order chi connectivity index (χ0) is 21.7. The molecule has 1 aromatic carbocycles. The molecule has 4 rings (SSSR count). The van der Waals surface area contributed by atoms with E-state index in [0.29, 0.717) is 22.8 Å². The molecule has 1 N–H and O–H groups in total. The molecule has 1 amide bonds. The van der Waals surface area contributed by atoms with E-state index in [1.54, 1.807) is 16.8 Å². The number of nitrogens with one attached hydrogen (secondary N) is 1. The number of halogens is 1. The number of rotatable bonds is 3. The van der Waals surface area contributed by atoms with Crippen molar-refractivity contribution in [3.63, 3.8) is 0 Å². The van der Waals surface area contributed by atoms with Crippen molar-refractivity contribution >= 4 is 44.4 Å². The van der Waals surface area contributed by atoms with Crippen LogP contribution >= 0.6 is 11.8 Å². The molecular formula is C20H21FN4O3S2. The fourth-order valence-corrected chi connectivity index (χ4v) is 6.70. The number of benzene rings is 1. The van der Waals surface area contributed by atoms with E-state index in [4.69, 9.17) is 0 Å². The Balaban J connectivity index is 1.74. The fraction of sp³-hybridized carbons (Fsp3) is 0.350. The number of carbonyl (C=O) groups excluding carboxylic acids is 1. The first-order valence-corrected chi connectivity index (χ1v) is 12.0. The maximum absolute atomic E-state index is 13.5. The second kappa shape index (κ2) is 7.35. The summed E-state index contributed by atoms with van der Waals surface area (Å²) in [6.45, 7) is 5.64. The van der Waals surface area contributed by atoms with Gasteiger partial charge in [-0.15, -0.1) is 0 Å². The Morgan fingerprint density at radius 3 is 2.80 bits per heavy atom. The minimum absolute atomic E-state index is 0.0546. The van der Waals surface area contributed by atoms with Gasteiger partial charge in [0, 0.05) is 11.3 Å². The van der Waals surface area contributed by atoms with Gasteiger partial charge in [-0.3, -0.25) is 9.48 Å². The van der Waals surface area contributed by atoms with Crippen molar-refractivity contribution in [1.29, 1.82) is 0 Å². The molecule has 0 spiro atoms. The molecule has 0 unspecified atom stereocenters. The summed E-state index contributed by atoms with van der Waals surface area (Å²) in [6.07, 6.45) is 2.33. The highest BCUT2D eigenvalue weighted by molar-refractivity contribution is 8.18. The summed E-state index contributed by atoms with van der Waals surface area (Å²) in [6, 6.07) is 5.82.